The van der Waals surface area contributed by atoms with Crippen LogP contribution < -0.4 is 0 Å². The summed E-state index contributed by atoms with van der Waals surface area (Å²) in [7, 11) is 5.99. The van der Waals surface area contributed by atoms with E-state index in [-0.39, 0.29) is 32.2 Å². The van der Waals surface area contributed by atoms with Gasteiger partial charge in [0.2, 0.25) is 0 Å². The molecule has 0 aliphatic carbocycles. The van der Waals surface area contributed by atoms with Gasteiger partial charge in [0.15, 0.2) is 6.10 Å². The van der Waals surface area contributed by atoms with Gasteiger partial charge < -0.3 is 28.5 Å². The molecule has 0 rings (SSSR count). The van der Waals surface area contributed by atoms with Gasteiger partial charge in [-0.05, 0) is 103 Å². The molecule has 93 heavy (non-hydrogen) atoms. The zero-order valence-electron chi connectivity index (χ0n) is 61.1. The second-order valence-electron chi connectivity index (χ2n) is 26.9. The third-order valence-electron chi connectivity index (χ3n) is 16.7. The van der Waals surface area contributed by atoms with Crippen LogP contribution in [0.3, 0.4) is 0 Å². The number of carboxylic acids is 1. The molecule has 0 amide bonds. The standard InChI is InChI=1S/C84H145NO8/c1-6-8-10-12-14-16-18-20-22-24-26-28-30-32-34-36-38-40-41-43-45-47-49-51-53-55-57-59-61-63-65-67-69-71-73-75-82(87)93-80(79-92-84(83(88)89)90-77-76-85(3,4)5)78-91-81(86)74-72-70-68-66-64-62-60-58-56-54-52-50-48-46-44-42-39-37-35-33-31-29-27-25-23-21-19-17-15-13-11-9-7-2/h8-11,14-17,20-23,26-29,32-35,80,84H,6-7,12-13,18-19,24-25,30-31,36-79H2,1-5H3/p+1/b10-8-,11-9-,16-14-,17-15-,22-20-,23-21-,28-26-,29-27-,34-32-,35-33-. The second-order valence-corrected chi connectivity index (χ2v) is 26.9. The number of rotatable bonds is 71. The molecule has 0 radical (unpaired) electrons. The highest BCUT2D eigenvalue weighted by molar-refractivity contribution is 5.71. The van der Waals surface area contributed by atoms with Crippen LogP contribution >= 0.6 is 0 Å². The summed E-state index contributed by atoms with van der Waals surface area (Å²) in [6, 6.07) is 0. The average Bonchev–Trinajstić information content (AvgIpc) is 3.74. The molecule has 9 heteroatoms. The lowest BCUT2D eigenvalue weighted by Crippen LogP contribution is -2.40. The number of allylic oxidation sites excluding steroid dienone is 20. The first kappa shape index (κ1) is 88.7. The van der Waals surface area contributed by atoms with Gasteiger partial charge in [-0.25, -0.2) is 4.79 Å². The minimum Gasteiger partial charge on any atom is -0.477 e. The molecule has 1 N–H and O–H groups in total. The molecule has 0 aliphatic heterocycles. The van der Waals surface area contributed by atoms with Crippen LogP contribution in [-0.2, 0) is 33.3 Å². The largest absolute Gasteiger partial charge is 0.477 e. The van der Waals surface area contributed by atoms with E-state index in [1.54, 1.807) is 0 Å². The number of esters is 2. The Hall–Kier alpha value is -4.31. The van der Waals surface area contributed by atoms with Crippen LogP contribution in [0.25, 0.3) is 0 Å². The number of nitrogens with zero attached hydrogens (tertiary/aromatic N) is 1. The summed E-state index contributed by atoms with van der Waals surface area (Å²) < 4.78 is 23.0. The van der Waals surface area contributed by atoms with Gasteiger partial charge in [-0.1, -0.05) is 341 Å². The Morgan fingerprint density at radius 2 is 0.581 bits per heavy atom. The molecule has 534 valence electrons. The van der Waals surface area contributed by atoms with E-state index in [1.807, 2.05) is 21.1 Å². The molecule has 0 aromatic carbocycles. The van der Waals surface area contributed by atoms with Gasteiger partial charge in [-0.15, -0.1) is 0 Å². The van der Waals surface area contributed by atoms with E-state index in [4.69, 9.17) is 18.9 Å². The predicted octanol–water partition coefficient (Wildman–Crippen LogP) is 24.7. The normalized spacial score (nSPS) is 13.3. The lowest BCUT2D eigenvalue weighted by atomic mass is 10.0. The van der Waals surface area contributed by atoms with Crippen LogP contribution in [0.2, 0.25) is 0 Å². The summed E-state index contributed by atoms with van der Waals surface area (Å²) in [4.78, 5) is 37.7. The zero-order valence-corrected chi connectivity index (χ0v) is 61.1. The second kappa shape index (κ2) is 73.5. The highest BCUT2D eigenvalue weighted by Gasteiger charge is 2.25. The highest BCUT2D eigenvalue weighted by Crippen LogP contribution is 2.18. The molecule has 0 aliphatic rings. The predicted molar refractivity (Wildman–Crippen MR) is 401 cm³/mol. The lowest BCUT2D eigenvalue weighted by Gasteiger charge is -2.25. The summed E-state index contributed by atoms with van der Waals surface area (Å²) in [5.41, 5.74) is 0. The van der Waals surface area contributed by atoms with Gasteiger partial charge in [0.1, 0.15) is 13.2 Å². The van der Waals surface area contributed by atoms with Gasteiger partial charge in [-0.2, -0.15) is 0 Å². The number of carbonyl (C=O) groups is 3. The average molecular weight is 1300 g/mol. The maximum absolute atomic E-state index is 13.0. The van der Waals surface area contributed by atoms with E-state index in [1.165, 1.54) is 205 Å². The number of carboxylic acid groups (broad SMARTS) is 1. The summed E-state index contributed by atoms with van der Waals surface area (Å²) in [5, 5.41) is 9.77. The molecule has 0 saturated heterocycles. The van der Waals surface area contributed by atoms with Crippen molar-refractivity contribution in [3.05, 3.63) is 122 Å². The molecular weight excluding hydrogens is 1150 g/mol. The van der Waals surface area contributed by atoms with E-state index in [0.717, 1.165) is 103 Å². The van der Waals surface area contributed by atoms with E-state index in [0.29, 0.717) is 17.4 Å². The molecule has 9 nitrogen and oxygen atoms in total. The van der Waals surface area contributed by atoms with E-state index in [2.05, 4.69) is 135 Å². The molecule has 0 spiro atoms. The maximum atomic E-state index is 13.0. The van der Waals surface area contributed by atoms with Gasteiger partial charge in [0.25, 0.3) is 6.29 Å². The molecular formula is C84H146NO8+. The Balaban J connectivity index is 4.03. The Kier molecular flexibility index (Phi) is 70.1. The molecule has 0 aromatic heterocycles. The first-order valence-corrected chi connectivity index (χ1v) is 38.7. The first-order valence-electron chi connectivity index (χ1n) is 38.7. The minimum absolute atomic E-state index is 0.183. The number of hydrogen-bond donors (Lipinski definition) is 1. The van der Waals surface area contributed by atoms with Crippen LogP contribution in [0.15, 0.2) is 122 Å². The van der Waals surface area contributed by atoms with Gasteiger partial charge in [-0.3, -0.25) is 9.59 Å². The summed E-state index contributed by atoms with van der Waals surface area (Å²) >= 11 is 0. The Labute approximate surface area is 574 Å². The van der Waals surface area contributed by atoms with Crippen molar-refractivity contribution in [1.29, 1.82) is 0 Å². The fourth-order valence-corrected chi connectivity index (χ4v) is 10.9. The Morgan fingerprint density at radius 3 is 0.860 bits per heavy atom. The van der Waals surface area contributed by atoms with Crippen molar-refractivity contribution in [3.63, 3.8) is 0 Å². The van der Waals surface area contributed by atoms with Crippen LogP contribution in [0.4, 0.5) is 0 Å². The number of aliphatic carboxylic acids is 1. The topological polar surface area (TPSA) is 108 Å². The van der Waals surface area contributed by atoms with Gasteiger partial charge >= 0.3 is 17.9 Å². The van der Waals surface area contributed by atoms with Crippen molar-refractivity contribution in [3.8, 4) is 0 Å². The van der Waals surface area contributed by atoms with Crippen LogP contribution in [-0.4, -0.2) is 87.4 Å². The quantitative estimate of drug-likeness (QED) is 0.0211. The monoisotopic (exact) mass is 1300 g/mol. The number of unbranched alkanes of at least 4 members (excludes halogenated alkanes) is 36. The van der Waals surface area contributed by atoms with Crippen molar-refractivity contribution in [2.75, 3.05) is 47.5 Å². The molecule has 2 unspecified atom stereocenters. The van der Waals surface area contributed by atoms with E-state index >= 15 is 0 Å². The Morgan fingerprint density at radius 1 is 0.323 bits per heavy atom. The van der Waals surface area contributed by atoms with Crippen molar-refractivity contribution in [2.24, 2.45) is 0 Å². The molecule has 0 fully saturated rings. The van der Waals surface area contributed by atoms with E-state index in [9.17, 15) is 19.5 Å². The van der Waals surface area contributed by atoms with Gasteiger partial charge in [0.05, 0.1) is 34.4 Å². The number of quaternary nitrogens is 1. The first-order chi connectivity index (χ1) is 45.6. The third-order valence-corrected chi connectivity index (χ3v) is 16.7. The lowest BCUT2D eigenvalue weighted by molar-refractivity contribution is -0.870. The molecule has 0 heterocycles. The van der Waals surface area contributed by atoms with Crippen molar-refractivity contribution < 1.29 is 42.9 Å². The van der Waals surface area contributed by atoms with Crippen LogP contribution in [0, 0.1) is 0 Å². The molecule has 2 atom stereocenters. The van der Waals surface area contributed by atoms with Crippen molar-refractivity contribution >= 4 is 17.9 Å². The fraction of sp³-hybridized carbons (Fsp3) is 0.726. The third kappa shape index (κ3) is 74.9. The van der Waals surface area contributed by atoms with Crippen LogP contribution in [0.5, 0.6) is 0 Å². The molecule has 0 bridgehead atoms. The molecule has 0 aromatic rings. The number of likely N-dealkylation sites (N-methyl/N-ethyl adjacent to an activating group) is 1. The minimum atomic E-state index is -1.51. The van der Waals surface area contributed by atoms with E-state index < -0.39 is 24.3 Å². The number of carbonyl (C=O) groups excluding carboxylic acids is 2. The summed E-state index contributed by atoms with van der Waals surface area (Å²) in [5.74, 6) is -1.99. The zero-order chi connectivity index (χ0) is 67.5. The van der Waals surface area contributed by atoms with Gasteiger partial charge in [0, 0.05) is 12.8 Å². The number of hydrogen-bond acceptors (Lipinski definition) is 7. The summed E-state index contributed by atoms with van der Waals surface area (Å²) in [6.45, 7) is 4.69. The number of ether oxygens (including phenoxy) is 4. The SMILES string of the molecule is CC/C=C\C/C=C\C/C=C\C/C=C\C/C=C\CCCCCCCCCCCCCCCCCCCCCC(=O)OC(COC(=O)CCCCCCCCCCCCCCCCCCC/C=C\C/C=C\C/C=C\C/C=C\C/C=C\CC)COC(OCC[N+](C)(C)C)C(=O)O. The smallest absolute Gasteiger partial charge is 0.361 e. The van der Waals surface area contributed by atoms with Crippen molar-refractivity contribution in [2.45, 2.75) is 347 Å². The maximum Gasteiger partial charge on any atom is 0.361 e. The fourth-order valence-electron chi connectivity index (χ4n) is 10.9. The molecule has 0 saturated carbocycles. The summed E-state index contributed by atoms with van der Waals surface area (Å²) in [6.07, 6.45) is 102. The highest BCUT2D eigenvalue weighted by atomic mass is 16.7. The Bertz CT molecular complexity index is 1950. The van der Waals surface area contributed by atoms with Crippen molar-refractivity contribution in [1.82, 2.24) is 0 Å². The van der Waals surface area contributed by atoms with Crippen LogP contribution in [0.1, 0.15) is 335 Å².